The Morgan fingerprint density at radius 2 is 1.58 bits per heavy atom. The molecule has 2 amide bonds. The van der Waals surface area contributed by atoms with Crippen LogP contribution in [0.1, 0.15) is 62.6 Å². The number of anilines is 1. The third-order valence-electron chi connectivity index (χ3n) is 7.42. The van der Waals surface area contributed by atoms with E-state index in [0.717, 1.165) is 65.1 Å². The molecule has 190 valence electrons. The molecule has 0 saturated heterocycles. The minimum Gasteiger partial charge on any atom is -0.455 e. The van der Waals surface area contributed by atoms with Crippen molar-refractivity contribution in [1.82, 2.24) is 5.43 Å². The SMILES string of the molecule is Cc1c(C(=O)N2CCCc3ccccc32)oc2c1/C(=N/NC(=O)c1ccc(-c3ccccc3)cc1)CCC2. The molecule has 0 unspecified atom stereocenters. The highest BCUT2D eigenvalue weighted by molar-refractivity contribution is 6.10. The van der Waals surface area contributed by atoms with E-state index < -0.39 is 0 Å². The smallest absolute Gasteiger partial charge is 0.294 e. The second-order valence-electron chi connectivity index (χ2n) is 9.84. The molecule has 4 aromatic rings. The Bertz CT molecular complexity index is 1530. The van der Waals surface area contributed by atoms with Crippen molar-refractivity contribution >= 4 is 23.2 Å². The highest BCUT2D eigenvalue weighted by Gasteiger charge is 2.32. The van der Waals surface area contributed by atoms with Crippen LogP contribution in [0.2, 0.25) is 0 Å². The molecular weight excluding hydrogens is 474 g/mol. The Hall–Kier alpha value is -4.45. The van der Waals surface area contributed by atoms with Gasteiger partial charge in [0.15, 0.2) is 5.76 Å². The molecule has 38 heavy (non-hydrogen) atoms. The summed E-state index contributed by atoms with van der Waals surface area (Å²) >= 11 is 0. The van der Waals surface area contributed by atoms with Crippen LogP contribution < -0.4 is 10.3 Å². The second-order valence-corrected chi connectivity index (χ2v) is 9.84. The van der Waals surface area contributed by atoms with E-state index >= 15 is 0 Å². The van der Waals surface area contributed by atoms with Crippen molar-refractivity contribution in [2.24, 2.45) is 5.10 Å². The number of fused-ring (bicyclic) bond motifs is 2. The Labute approximate surface area is 222 Å². The molecule has 0 bridgehead atoms. The van der Waals surface area contributed by atoms with Crippen molar-refractivity contribution in [3.8, 4) is 11.1 Å². The van der Waals surface area contributed by atoms with E-state index in [1.807, 2.05) is 72.5 Å². The van der Waals surface area contributed by atoms with Gasteiger partial charge >= 0.3 is 0 Å². The Balaban J connectivity index is 1.22. The average Bonchev–Trinajstić information content (AvgIpc) is 3.32. The average molecular weight is 504 g/mol. The minimum absolute atomic E-state index is 0.119. The first-order valence-electron chi connectivity index (χ1n) is 13.1. The highest BCUT2D eigenvalue weighted by Crippen LogP contribution is 2.33. The van der Waals surface area contributed by atoms with Crippen molar-refractivity contribution in [1.29, 1.82) is 0 Å². The van der Waals surface area contributed by atoms with Crippen LogP contribution in [-0.4, -0.2) is 24.1 Å². The van der Waals surface area contributed by atoms with Gasteiger partial charge in [0.2, 0.25) is 0 Å². The first kappa shape index (κ1) is 23.9. The van der Waals surface area contributed by atoms with E-state index in [4.69, 9.17) is 4.42 Å². The molecule has 2 heterocycles. The minimum atomic E-state index is -0.272. The first-order chi connectivity index (χ1) is 18.6. The number of amides is 2. The number of aryl methyl sites for hydroxylation is 2. The highest BCUT2D eigenvalue weighted by atomic mass is 16.4. The van der Waals surface area contributed by atoms with Gasteiger partial charge in [-0.05, 0) is 67.5 Å². The molecule has 3 aromatic carbocycles. The summed E-state index contributed by atoms with van der Waals surface area (Å²) in [6, 6.07) is 25.6. The summed E-state index contributed by atoms with van der Waals surface area (Å²) in [6.45, 7) is 2.58. The van der Waals surface area contributed by atoms with E-state index in [9.17, 15) is 9.59 Å². The van der Waals surface area contributed by atoms with Crippen LogP contribution >= 0.6 is 0 Å². The molecular formula is C32H29N3O3. The van der Waals surface area contributed by atoms with Crippen LogP contribution in [0.4, 0.5) is 5.69 Å². The number of nitrogens with one attached hydrogen (secondary N) is 1. The maximum atomic E-state index is 13.6. The summed E-state index contributed by atoms with van der Waals surface area (Å²) in [5.74, 6) is 0.740. The predicted molar refractivity (Wildman–Crippen MR) is 149 cm³/mol. The van der Waals surface area contributed by atoms with Gasteiger partial charge in [0.25, 0.3) is 11.8 Å². The van der Waals surface area contributed by atoms with E-state index in [0.29, 0.717) is 24.3 Å². The maximum absolute atomic E-state index is 13.6. The van der Waals surface area contributed by atoms with Crippen LogP contribution in [0.5, 0.6) is 0 Å². The number of hydrogen-bond donors (Lipinski definition) is 1. The van der Waals surface area contributed by atoms with E-state index in [1.54, 1.807) is 12.1 Å². The third-order valence-corrected chi connectivity index (χ3v) is 7.42. The molecule has 6 rings (SSSR count). The number of hydrazone groups is 1. The topological polar surface area (TPSA) is 74.9 Å². The molecule has 1 N–H and O–H groups in total. The Morgan fingerprint density at radius 1 is 0.842 bits per heavy atom. The Kier molecular flexibility index (Phi) is 6.38. The second kappa shape index (κ2) is 10.1. The standard InChI is InChI=1S/C32H29N3O3/c1-21-29-26(33-34-31(36)25-18-16-23(17-19-25)22-9-3-2-4-10-22)13-7-15-28(29)38-30(21)32(37)35-20-8-12-24-11-5-6-14-27(24)35/h2-6,9-11,14,16-19H,7-8,12-13,15,20H2,1H3,(H,34,36)/b33-26+. The predicted octanol–water partition coefficient (Wildman–Crippen LogP) is 6.32. The van der Waals surface area contributed by atoms with Crippen LogP contribution in [0.15, 0.2) is 88.4 Å². The molecule has 6 heteroatoms. The lowest BCUT2D eigenvalue weighted by molar-refractivity contribution is 0.0948. The molecule has 0 fully saturated rings. The molecule has 6 nitrogen and oxygen atoms in total. The fraction of sp³-hybridized carbons (Fsp3) is 0.219. The van der Waals surface area contributed by atoms with Crippen LogP contribution in [0.25, 0.3) is 11.1 Å². The van der Waals surface area contributed by atoms with Crippen molar-refractivity contribution in [3.05, 3.63) is 113 Å². The summed E-state index contributed by atoms with van der Waals surface area (Å²) in [5, 5.41) is 4.50. The molecule has 1 aromatic heterocycles. The van der Waals surface area contributed by atoms with E-state index in [2.05, 4.69) is 16.6 Å². The monoisotopic (exact) mass is 503 g/mol. The molecule has 0 spiro atoms. The largest absolute Gasteiger partial charge is 0.455 e. The van der Waals surface area contributed by atoms with Crippen LogP contribution in [0.3, 0.4) is 0 Å². The summed E-state index contributed by atoms with van der Waals surface area (Å²) in [4.78, 5) is 28.3. The molecule has 0 saturated carbocycles. The zero-order chi connectivity index (χ0) is 26.1. The molecule has 0 atom stereocenters. The lowest BCUT2D eigenvalue weighted by Gasteiger charge is -2.28. The van der Waals surface area contributed by atoms with Crippen LogP contribution in [-0.2, 0) is 12.8 Å². The summed E-state index contributed by atoms with van der Waals surface area (Å²) in [5.41, 5.74) is 9.93. The van der Waals surface area contributed by atoms with Gasteiger partial charge in [-0.15, -0.1) is 0 Å². The quantitative estimate of drug-likeness (QED) is 0.331. The molecule has 0 radical (unpaired) electrons. The van der Waals surface area contributed by atoms with Gasteiger partial charge in [-0.3, -0.25) is 9.59 Å². The lowest BCUT2D eigenvalue weighted by Crippen LogP contribution is -2.35. The number of hydrogen-bond acceptors (Lipinski definition) is 4. The molecule has 1 aliphatic heterocycles. The van der Waals surface area contributed by atoms with Gasteiger partial charge in [-0.2, -0.15) is 5.10 Å². The molecule has 1 aliphatic carbocycles. The lowest BCUT2D eigenvalue weighted by atomic mass is 9.93. The first-order valence-corrected chi connectivity index (χ1v) is 13.1. The normalized spacial score (nSPS) is 15.6. The number of para-hydroxylation sites is 1. The van der Waals surface area contributed by atoms with Gasteiger partial charge in [0, 0.05) is 35.3 Å². The molecule has 2 aliphatic rings. The van der Waals surface area contributed by atoms with Gasteiger partial charge in [0.1, 0.15) is 5.76 Å². The fourth-order valence-electron chi connectivity index (χ4n) is 5.48. The number of benzene rings is 3. The van der Waals surface area contributed by atoms with Crippen molar-refractivity contribution in [2.75, 3.05) is 11.4 Å². The maximum Gasteiger partial charge on any atom is 0.294 e. The van der Waals surface area contributed by atoms with E-state index in [-0.39, 0.29) is 11.8 Å². The zero-order valence-electron chi connectivity index (χ0n) is 21.4. The number of carbonyl (C=O) groups is 2. The van der Waals surface area contributed by atoms with Gasteiger partial charge in [0.05, 0.1) is 5.71 Å². The number of nitrogens with zero attached hydrogens (tertiary/aromatic N) is 2. The fourth-order valence-corrected chi connectivity index (χ4v) is 5.48. The van der Waals surface area contributed by atoms with Crippen molar-refractivity contribution < 1.29 is 14.0 Å². The van der Waals surface area contributed by atoms with Crippen molar-refractivity contribution in [3.63, 3.8) is 0 Å². The van der Waals surface area contributed by atoms with Gasteiger partial charge < -0.3 is 9.32 Å². The Morgan fingerprint density at radius 3 is 2.39 bits per heavy atom. The zero-order valence-corrected chi connectivity index (χ0v) is 21.4. The summed E-state index contributed by atoms with van der Waals surface area (Å²) < 4.78 is 6.16. The van der Waals surface area contributed by atoms with Gasteiger partial charge in [-0.1, -0.05) is 60.7 Å². The third kappa shape index (κ3) is 4.43. The number of rotatable bonds is 4. The number of furan rings is 1. The van der Waals surface area contributed by atoms with Crippen molar-refractivity contribution in [2.45, 2.75) is 39.0 Å². The van der Waals surface area contributed by atoms with E-state index in [1.165, 1.54) is 5.56 Å². The summed E-state index contributed by atoms with van der Waals surface area (Å²) in [7, 11) is 0. The van der Waals surface area contributed by atoms with Gasteiger partial charge in [-0.25, -0.2) is 5.43 Å². The summed E-state index contributed by atoms with van der Waals surface area (Å²) in [6.07, 6.45) is 4.20. The van der Waals surface area contributed by atoms with Crippen LogP contribution in [0, 0.1) is 6.92 Å². The number of carbonyl (C=O) groups excluding carboxylic acids is 2.